The minimum Gasteiger partial charge on any atom is -0.427 e. The van der Waals surface area contributed by atoms with Crippen LogP contribution in [0.3, 0.4) is 0 Å². The van der Waals surface area contributed by atoms with Gasteiger partial charge in [0.1, 0.15) is 5.75 Å². The number of ether oxygens (including phenoxy) is 1. The average molecular weight is 356 g/mol. The molecule has 0 aliphatic rings. The molecule has 1 rings (SSSR count). The lowest BCUT2D eigenvalue weighted by Crippen LogP contribution is -2.07. The molecule has 0 heterocycles. The number of hydrogen-bond donors (Lipinski definition) is 1. The quantitative estimate of drug-likeness (QED) is 0.205. The fourth-order valence-electron chi connectivity index (χ4n) is 2.09. The lowest BCUT2D eigenvalue weighted by atomic mass is 10.1. The summed E-state index contributed by atoms with van der Waals surface area (Å²) in [6.07, 6.45) is 8.30. The summed E-state index contributed by atoms with van der Waals surface area (Å²) in [4.78, 5) is 11.7. The largest absolute Gasteiger partial charge is 0.427 e. The first kappa shape index (κ1) is 20.2. The number of hydrogen-bond acceptors (Lipinski definition) is 5. The van der Waals surface area contributed by atoms with Crippen LogP contribution in [-0.4, -0.2) is 18.9 Å². The van der Waals surface area contributed by atoms with Gasteiger partial charge in [0.05, 0.1) is 5.69 Å². The monoisotopic (exact) mass is 356 g/mol. The molecular formula is C16H24N2O5S. The van der Waals surface area contributed by atoms with Gasteiger partial charge < -0.3 is 4.74 Å². The summed E-state index contributed by atoms with van der Waals surface area (Å²) in [5, 5.41) is 3.34. The van der Waals surface area contributed by atoms with Crippen molar-refractivity contribution in [1.82, 2.24) is 0 Å². The van der Waals surface area contributed by atoms with Gasteiger partial charge in [-0.05, 0) is 35.2 Å². The number of nitrogens with zero attached hydrogens (tertiary/aromatic N) is 2. The maximum Gasteiger partial charge on any atom is 0.396 e. The Morgan fingerprint density at radius 2 is 1.62 bits per heavy atom. The third-order valence-electron chi connectivity index (χ3n) is 3.31. The Morgan fingerprint density at radius 1 is 1.04 bits per heavy atom. The number of benzene rings is 1. The second-order valence-electron chi connectivity index (χ2n) is 5.47. The maximum atomic E-state index is 11.7. The Kier molecular flexibility index (Phi) is 9.18. The van der Waals surface area contributed by atoms with Gasteiger partial charge in [-0.15, -0.1) is 5.11 Å². The van der Waals surface area contributed by atoms with Crippen LogP contribution in [-0.2, 0) is 15.1 Å². The minimum atomic E-state index is -4.50. The highest BCUT2D eigenvalue weighted by Crippen LogP contribution is 2.19. The van der Waals surface area contributed by atoms with E-state index in [0.29, 0.717) is 12.2 Å². The summed E-state index contributed by atoms with van der Waals surface area (Å²) >= 11 is 0. The predicted octanol–water partition coefficient (Wildman–Crippen LogP) is 4.62. The summed E-state index contributed by atoms with van der Waals surface area (Å²) in [6.45, 7) is 2.18. The zero-order chi connectivity index (χ0) is 17.8. The van der Waals surface area contributed by atoms with Crippen molar-refractivity contribution < 1.29 is 22.5 Å². The molecule has 0 saturated carbocycles. The molecule has 0 amide bonds. The van der Waals surface area contributed by atoms with Crippen LogP contribution < -0.4 is 4.74 Å². The van der Waals surface area contributed by atoms with Crippen molar-refractivity contribution in [2.75, 3.05) is 0 Å². The van der Waals surface area contributed by atoms with Crippen LogP contribution in [0.5, 0.6) is 5.75 Å². The first-order chi connectivity index (χ1) is 11.4. The van der Waals surface area contributed by atoms with Crippen molar-refractivity contribution in [3.8, 4) is 5.75 Å². The fourth-order valence-corrected chi connectivity index (χ4v) is 2.29. The van der Waals surface area contributed by atoms with Gasteiger partial charge >= 0.3 is 16.3 Å². The predicted molar refractivity (Wildman–Crippen MR) is 90.8 cm³/mol. The zero-order valence-corrected chi connectivity index (χ0v) is 14.7. The van der Waals surface area contributed by atoms with E-state index in [9.17, 15) is 13.2 Å². The van der Waals surface area contributed by atoms with Crippen LogP contribution in [0.2, 0.25) is 0 Å². The van der Waals surface area contributed by atoms with Gasteiger partial charge in [-0.3, -0.25) is 9.35 Å². The zero-order valence-electron chi connectivity index (χ0n) is 13.8. The Morgan fingerprint density at radius 3 is 2.21 bits per heavy atom. The molecule has 24 heavy (non-hydrogen) atoms. The Labute approximate surface area is 143 Å². The fraction of sp³-hybridized carbons (Fsp3) is 0.562. The Balaban J connectivity index is 2.28. The molecule has 0 aliphatic carbocycles. The van der Waals surface area contributed by atoms with E-state index in [2.05, 4.69) is 16.6 Å². The molecule has 1 aromatic carbocycles. The number of unbranched alkanes of at least 4 members (excludes halogenated alkanes) is 6. The first-order valence-electron chi connectivity index (χ1n) is 8.12. The van der Waals surface area contributed by atoms with Crippen LogP contribution >= 0.6 is 0 Å². The number of carbonyl (C=O) groups is 1. The SMILES string of the molecule is CCCCCCCCCC(=O)Oc1ccc(N=NS(=O)(=O)O)cc1. The van der Waals surface area contributed by atoms with Crippen molar-refractivity contribution >= 4 is 22.0 Å². The van der Waals surface area contributed by atoms with Gasteiger partial charge in [0.15, 0.2) is 0 Å². The highest BCUT2D eigenvalue weighted by Gasteiger charge is 2.05. The van der Waals surface area contributed by atoms with Gasteiger partial charge in [0, 0.05) is 6.42 Å². The lowest BCUT2D eigenvalue weighted by Gasteiger charge is -2.04. The van der Waals surface area contributed by atoms with Crippen LogP contribution in [0, 0.1) is 0 Å². The van der Waals surface area contributed by atoms with Gasteiger partial charge in [0.2, 0.25) is 0 Å². The van der Waals surface area contributed by atoms with E-state index < -0.39 is 10.3 Å². The molecule has 0 aromatic heterocycles. The van der Waals surface area contributed by atoms with E-state index >= 15 is 0 Å². The van der Waals surface area contributed by atoms with E-state index in [1.807, 2.05) is 0 Å². The molecular weight excluding hydrogens is 332 g/mol. The van der Waals surface area contributed by atoms with E-state index in [-0.39, 0.29) is 11.7 Å². The molecule has 0 saturated heterocycles. The normalized spacial score (nSPS) is 11.8. The standard InChI is InChI=1S/C16H24N2O5S/c1-2-3-4-5-6-7-8-9-16(19)23-15-12-10-14(11-13-15)17-18-24(20,21)22/h10-13H,2-9H2,1H3,(H,20,21,22). The molecule has 1 aromatic rings. The van der Waals surface area contributed by atoms with Gasteiger partial charge in [-0.1, -0.05) is 45.4 Å². The number of rotatable bonds is 11. The maximum absolute atomic E-state index is 11.7. The van der Waals surface area contributed by atoms with E-state index in [1.54, 1.807) is 0 Å². The topological polar surface area (TPSA) is 105 Å². The van der Waals surface area contributed by atoms with E-state index in [4.69, 9.17) is 9.29 Å². The molecule has 1 N–H and O–H groups in total. The average Bonchev–Trinajstić information content (AvgIpc) is 2.52. The molecule has 0 aliphatic heterocycles. The molecule has 7 nitrogen and oxygen atoms in total. The number of carbonyl (C=O) groups excluding carboxylic acids is 1. The summed E-state index contributed by atoms with van der Waals surface area (Å²) in [7, 11) is -4.50. The Hall–Kier alpha value is -1.80. The second-order valence-corrected chi connectivity index (χ2v) is 6.53. The minimum absolute atomic E-state index is 0.222. The molecule has 0 spiro atoms. The summed E-state index contributed by atoms with van der Waals surface area (Å²) in [6, 6.07) is 5.85. The van der Waals surface area contributed by atoms with Crippen LogP contribution in [0.1, 0.15) is 58.3 Å². The molecule has 0 atom stereocenters. The molecule has 0 bridgehead atoms. The summed E-state index contributed by atoms with van der Waals surface area (Å²) in [5.74, 6) is 0.0598. The molecule has 0 fully saturated rings. The first-order valence-corrected chi connectivity index (χ1v) is 9.51. The van der Waals surface area contributed by atoms with Crippen LogP contribution in [0.25, 0.3) is 0 Å². The molecule has 134 valence electrons. The van der Waals surface area contributed by atoms with Gasteiger partial charge in [-0.25, -0.2) is 0 Å². The van der Waals surface area contributed by atoms with Gasteiger partial charge in [-0.2, -0.15) is 8.42 Å². The highest BCUT2D eigenvalue weighted by atomic mass is 32.2. The van der Waals surface area contributed by atoms with Crippen LogP contribution in [0.15, 0.2) is 33.9 Å². The van der Waals surface area contributed by atoms with Crippen molar-refractivity contribution in [3.05, 3.63) is 24.3 Å². The third-order valence-corrected chi connectivity index (χ3v) is 3.60. The summed E-state index contributed by atoms with van der Waals surface area (Å²) in [5.41, 5.74) is 0.222. The molecule has 0 unspecified atom stereocenters. The highest BCUT2D eigenvalue weighted by molar-refractivity contribution is 7.84. The number of esters is 1. The lowest BCUT2D eigenvalue weighted by molar-refractivity contribution is -0.134. The molecule has 0 radical (unpaired) electrons. The van der Waals surface area contributed by atoms with Crippen molar-refractivity contribution in [3.63, 3.8) is 0 Å². The summed E-state index contributed by atoms with van der Waals surface area (Å²) < 4.78 is 37.3. The van der Waals surface area contributed by atoms with Crippen molar-refractivity contribution in [1.29, 1.82) is 0 Å². The van der Waals surface area contributed by atoms with Crippen LogP contribution in [0.4, 0.5) is 5.69 Å². The van der Waals surface area contributed by atoms with E-state index in [0.717, 1.165) is 19.3 Å². The smallest absolute Gasteiger partial charge is 0.396 e. The van der Waals surface area contributed by atoms with Gasteiger partial charge in [0.25, 0.3) is 0 Å². The molecule has 8 heteroatoms. The van der Waals surface area contributed by atoms with Crippen molar-refractivity contribution in [2.45, 2.75) is 58.3 Å². The van der Waals surface area contributed by atoms with E-state index in [1.165, 1.54) is 49.9 Å². The van der Waals surface area contributed by atoms with Crippen molar-refractivity contribution in [2.24, 2.45) is 9.63 Å². The third kappa shape index (κ3) is 10.1. The Bertz CT molecular complexity index is 626. The second kappa shape index (κ2) is 10.9.